The molecule has 0 amide bonds. The summed E-state index contributed by atoms with van der Waals surface area (Å²) < 4.78 is 6.02. The average molecular weight is 397 g/mol. The summed E-state index contributed by atoms with van der Waals surface area (Å²) in [6.07, 6.45) is 0. The highest BCUT2D eigenvalue weighted by Gasteiger charge is 2.46. The molecule has 146 valence electrons. The largest absolute Gasteiger partial charge is 0.497 e. The Kier molecular flexibility index (Phi) is 4.45. The Morgan fingerprint density at radius 1 is 1.21 bits per heavy atom. The van der Waals surface area contributed by atoms with Gasteiger partial charge in [0.05, 0.1) is 19.2 Å². The van der Waals surface area contributed by atoms with E-state index in [1.54, 1.807) is 7.11 Å². The minimum absolute atomic E-state index is 0.0229. The van der Waals surface area contributed by atoms with Gasteiger partial charge in [0.2, 0.25) is 0 Å². The lowest BCUT2D eigenvalue weighted by Gasteiger charge is -2.26. The Hall–Kier alpha value is -2.22. The number of ether oxygens (including phenoxy) is 1. The van der Waals surface area contributed by atoms with E-state index in [2.05, 4.69) is 38.9 Å². The Morgan fingerprint density at radius 2 is 2.04 bits per heavy atom. The van der Waals surface area contributed by atoms with Gasteiger partial charge < -0.3 is 9.72 Å². The molecule has 28 heavy (non-hydrogen) atoms. The van der Waals surface area contributed by atoms with Crippen molar-refractivity contribution < 1.29 is 4.74 Å². The molecule has 5 rings (SSSR count). The third-order valence-corrected chi connectivity index (χ3v) is 7.07. The van der Waals surface area contributed by atoms with E-state index < -0.39 is 0 Å². The van der Waals surface area contributed by atoms with Gasteiger partial charge >= 0.3 is 0 Å². The van der Waals surface area contributed by atoms with E-state index in [-0.39, 0.29) is 5.56 Å². The number of hydrogen-bond donors (Lipinski definition) is 1. The molecule has 0 bridgehead atoms. The molecule has 4 heterocycles. The number of aromatic amines is 1. The number of hydrogen-bond acceptors (Lipinski definition) is 6. The van der Waals surface area contributed by atoms with Crippen molar-refractivity contribution >= 4 is 21.6 Å². The fourth-order valence-electron chi connectivity index (χ4n) is 4.99. The lowest BCUT2D eigenvalue weighted by Crippen LogP contribution is -2.30. The third kappa shape index (κ3) is 3.03. The molecule has 2 aliphatic heterocycles. The summed E-state index contributed by atoms with van der Waals surface area (Å²) in [7, 11) is 3.93. The second-order valence-corrected chi connectivity index (χ2v) is 8.84. The SMILES string of the molecule is COc1ccc([C@@H]2[C@@H]3CN(Cc4nc5ccsc5c(=O)[nH]4)C[C@@H]3CN2C)cc1. The number of fused-ring (bicyclic) bond motifs is 2. The predicted octanol–water partition coefficient (Wildman–Crippen LogP) is 2.73. The van der Waals surface area contributed by atoms with Crippen LogP contribution in [0, 0.1) is 11.8 Å². The van der Waals surface area contributed by atoms with Crippen molar-refractivity contribution in [1.29, 1.82) is 0 Å². The Labute approximate surface area is 167 Å². The summed E-state index contributed by atoms with van der Waals surface area (Å²) in [4.78, 5) is 24.8. The molecule has 2 fully saturated rings. The van der Waals surface area contributed by atoms with Crippen molar-refractivity contribution in [3.05, 3.63) is 57.5 Å². The molecule has 1 aromatic carbocycles. The van der Waals surface area contributed by atoms with Gasteiger partial charge in [-0.3, -0.25) is 14.6 Å². The van der Waals surface area contributed by atoms with Gasteiger partial charge in [0.1, 0.15) is 16.3 Å². The van der Waals surface area contributed by atoms with Crippen LogP contribution in [-0.4, -0.2) is 53.6 Å². The molecule has 0 radical (unpaired) electrons. The first-order valence-corrected chi connectivity index (χ1v) is 10.5. The molecule has 0 aliphatic carbocycles. The van der Waals surface area contributed by atoms with Gasteiger partial charge in [-0.1, -0.05) is 12.1 Å². The minimum Gasteiger partial charge on any atom is -0.497 e. The maximum absolute atomic E-state index is 12.2. The van der Waals surface area contributed by atoms with E-state index in [1.165, 1.54) is 16.9 Å². The molecule has 3 atom stereocenters. The second kappa shape index (κ2) is 6.99. The van der Waals surface area contributed by atoms with E-state index in [0.717, 1.165) is 36.7 Å². The normalized spacial score (nSPS) is 25.4. The molecule has 7 heteroatoms. The topological polar surface area (TPSA) is 61.5 Å². The van der Waals surface area contributed by atoms with E-state index >= 15 is 0 Å². The van der Waals surface area contributed by atoms with Crippen LogP contribution in [0.15, 0.2) is 40.5 Å². The molecule has 0 spiro atoms. The maximum Gasteiger partial charge on any atom is 0.268 e. The summed E-state index contributed by atoms with van der Waals surface area (Å²) in [6.45, 7) is 3.88. The Balaban J connectivity index is 1.34. The van der Waals surface area contributed by atoms with Gasteiger partial charge in [-0.2, -0.15) is 0 Å². The minimum atomic E-state index is -0.0229. The van der Waals surface area contributed by atoms with Crippen LogP contribution < -0.4 is 10.3 Å². The van der Waals surface area contributed by atoms with Gasteiger partial charge in [0.15, 0.2) is 0 Å². The smallest absolute Gasteiger partial charge is 0.268 e. The second-order valence-electron chi connectivity index (χ2n) is 7.92. The summed E-state index contributed by atoms with van der Waals surface area (Å²) in [6, 6.07) is 10.8. The number of methoxy groups -OCH3 is 1. The van der Waals surface area contributed by atoms with Crippen molar-refractivity contribution in [3.63, 3.8) is 0 Å². The van der Waals surface area contributed by atoms with Crippen LogP contribution in [-0.2, 0) is 6.54 Å². The predicted molar refractivity (Wildman–Crippen MR) is 111 cm³/mol. The first-order chi connectivity index (χ1) is 13.6. The van der Waals surface area contributed by atoms with Crippen molar-refractivity contribution in [2.24, 2.45) is 11.8 Å². The molecule has 2 aromatic heterocycles. The highest BCUT2D eigenvalue weighted by atomic mass is 32.1. The number of benzene rings is 1. The molecular formula is C21H24N4O2S. The Bertz CT molecular complexity index is 1040. The zero-order chi connectivity index (χ0) is 19.3. The van der Waals surface area contributed by atoms with Gasteiger partial charge in [-0.15, -0.1) is 11.3 Å². The van der Waals surface area contributed by atoms with E-state index in [0.29, 0.717) is 29.1 Å². The summed E-state index contributed by atoms with van der Waals surface area (Å²) >= 11 is 1.45. The van der Waals surface area contributed by atoms with Crippen molar-refractivity contribution in [2.45, 2.75) is 12.6 Å². The molecular weight excluding hydrogens is 372 g/mol. The van der Waals surface area contributed by atoms with Crippen LogP contribution in [0.3, 0.4) is 0 Å². The number of H-pyrrole nitrogens is 1. The Morgan fingerprint density at radius 3 is 2.82 bits per heavy atom. The summed E-state index contributed by atoms with van der Waals surface area (Å²) in [5, 5.41) is 1.92. The maximum atomic E-state index is 12.2. The fraction of sp³-hybridized carbons (Fsp3) is 0.429. The van der Waals surface area contributed by atoms with Crippen LogP contribution in [0.5, 0.6) is 5.75 Å². The molecule has 3 aromatic rings. The summed E-state index contributed by atoms with van der Waals surface area (Å²) in [5.74, 6) is 2.90. The quantitative estimate of drug-likeness (QED) is 0.735. The van der Waals surface area contributed by atoms with Crippen LogP contribution >= 0.6 is 11.3 Å². The van der Waals surface area contributed by atoms with Crippen molar-refractivity contribution in [3.8, 4) is 5.75 Å². The highest BCUT2D eigenvalue weighted by molar-refractivity contribution is 7.17. The van der Waals surface area contributed by atoms with Crippen molar-refractivity contribution in [2.75, 3.05) is 33.8 Å². The molecule has 0 unspecified atom stereocenters. The highest BCUT2D eigenvalue weighted by Crippen LogP contribution is 2.44. The van der Waals surface area contributed by atoms with Gasteiger partial charge in [0, 0.05) is 25.7 Å². The first kappa shape index (κ1) is 17.8. The van der Waals surface area contributed by atoms with Crippen LogP contribution in [0.25, 0.3) is 10.2 Å². The number of aromatic nitrogens is 2. The number of thiophene rings is 1. The van der Waals surface area contributed by atoms with Gasteiger partial charge in [0.25, 0.3) is 5.56 Å². The van der Waals surface area contributed by atoms with E-state index in [4.69, 9.17) is 4.74 Å². The molecule has 2 saturated heterocycles. The van der Waals surface area contributed by atoms with E-state index in [1.807, 2.05) is 23.6 Å². The third-order valence-electron chi connectivity index (χ3n) is 6.16. The fourth-order valence-corrected chi connectivity index (χ4v) is 5.72. The molecule has 0 saturated carbocycles. The van der Waals surface area contributed by atoms with Crippen LogP contribution in [0.2, 0.25) is 0 Å². The number of likely N-dealkylation sites (tertiary alicyclic amines) is 2. The lowest BCUT2D eigenvalue weighted by molar-refractivity contribution is 0.222. The monoisotopic (exact) mass is 396 g/mol. The first-order valence-electron chi connectivity index (χ1n) is 9.65. The average Bonchev–Trinajstić information content (AvgIpc) is 3.36. The standard InChI is InChI=1S/C21H24N4O2S/c1-24-9-14-10-25(12-18-22-17-7-8-28-20(17)21(26)23-18)11-16(14)19(24)13-3-5-15(27-2)6-4-13/h3-8,14,16,19H,9-12H2,1-2H3,(H,22,23,26)/t14-,16+,19+/m0/s1. The lowest BCUT2D eigenvalue weighted by atomic mass is 9.89. The zero-order valence-corrected chi connectivity index (χ0v) is 16.9. The van der Waals surface area contributed by atoms with Gasteiger partial charge in [-0.25, -0.2) is 4.98 Å². The molecule has 2 aliphatic rings. The van der Waals surface area contributed by atoms with Gasteiger partial charge in [-0.05, 0) is 48.0 Å². The van der Waals surface area contributed by atoms with Crippen LogP contribution in [0.1, 0.15) is 17.4 Å². The zero-order valence-electron chi connectivity index (χ0n) is 16.1. The molecule has 6 nitrogen and oxygen atoms in total. The van der Waals surface area contributed by atoms with E-state index in [9.17, 15) is 4.79 Å². The molecule has 1 N–H and O–H groups in total. The number of nitrogens with one attached hydrogen (secondary N) is 1. The van der Waals surface area contributed by atoms with Crippen LogP contribution in [0.4, 0.5) is 0 Å². The van der Waals surface area contributed by atoms with Crippen molar-refractivity contribution in [1.82, 2.24) is 19.8 Å². The summed E-state index contributed by atoms with van der Waals surface area (Å²) in [5.41, 5.74) is 2.13. The number of nitrogens with zero attached hydrogens (tertiary/aromatic N) is 3. The number of rotatable bonds is 4.